The third-order valence-corrected chi connectivity index (χ3v) is 3.76. The van der Waals surface area contributed by atoms with Crippen LogP contribution in [-0.4, -0.2) is 30.2 Å². The van der Waals surface area contributed by atoms with Crippen molar-refractivity contribution in [1.82, 2.24) is 10.1 Å². The average molecular weight is 231 g/mol. The lowest BCUT2D eigenvalue weighted by Gasteiger charge is -2.19. The van der Waals surface area contributed by atoms with E-state index in [1.165, 1.54) is 5.56 Å². The molecule has 2 heterocycles. The summed E-state index contributed by atoms with van der Waals surface area (Å²) < 4.78 is 5.21. The van der Waals surface area contributed by atoms with Gasteiger partial charge in [-0.1, -0.05) is 17.3 Å². The molecule has 2 unspecified atom stereocenters. The molecule has 4 heteroatoms. The van der Waals surface area contributed by atoms with Gasteiger partial charge in [-0.2, -0.15) is 0 Å². The normalized spacial score (nSPS) is 25.8. The maximum absolute atomic E-state index is 5.77. The summed E-state index contributed by atoms with van der Waals surface area (Å²) in [7, 11) is 2.16. The summed E-state index contributed by atoms with van der Waals surface area (Å²) in [6.07, 6.45) is 2.94. The molecule has 90 valence electrons. The van der Waals surface area contributed by atoms with Crippen LogP contribution in [0.25, 0.3) is 11.0 Å². The van der Waals surface area contributed by atoms with Crippen LogP contribution < -0.4 is 5.73 Å². The van der Waals surface area contributed by atoms with Crippen molar-refractivity contribution in [2.75, 3.05) is 20.1 Å². The van der Waals surface area contributed by atoms with E-state index in [-0.39, 0.29) is 0 Å². The second-order valence-corrected chi connectivity index (χ2v) is 4.88. The number of hydrogen-bond donors (Lipinski definition) is 1. The third-order valence-electron chi connectivity index (χ3n) is 3.76. The Morgan fingerprint density at radius 3 is 3.18 bits per heavy atom. The molecule has 0 spiro atoms. The fourth-order valence-corrected chi connectivity index (χ4v) is 2.85. The molecule has 1 aliphatic rings. The van der Waals surface area contributed by atoms with E-state index in [0.717, 1.165) is 30.5 Å². The van der Waals surface area contributed by atoms with Crippen LogP contribution in [0.5, 0.6) is 0 Å². The van der Waals surface area contributed by atoms with E-state index in [0.29, 0.717) is 12.0 Å². The van der Waals surface area contributed by atoms with Gasteiger partial charge in [0.05, 0.1) is 6.20 Å². The van der Waals surface area contributed by atoms with Crippen molar-refractivity contribution in [3.05, 3.63) is 30.0 Å². The largest absolute Gasteiger partial charge is 0.356 e. The number of benzene rings is 1. The molecule has 2 N–H and O–H groups in total. The van der Waals surface area contributed by atoms with Crippen molar-refractivity contribution in [2.45, 2.75) is 12.5 Å². The van der Waals surface area contributed by atoms with Gasteiger partial charge in [-0.15, -0.1) is 0 Å². The van der Waals surface area contributed by atoms with Gasteiger partial charge in [0.15, 0.2) is 5.58 Å². The maximum Gasteiger partial charge on any atom is 0.167 e. The molecular formula is C13H17N3O. The molecule has 1 aliphatic heterocycles. The average Bonchev–Trinajstić information content (AvgIpc) is 2.94. The molecule has 0 radical (unpaired) electrons. The first kappa shape index (κ1) is 10.7. The second kappa shape index (κ2) is 4.13. The first-order valence-electron chi connectivity index (χ1n) is 6.03. The summed E-state index contributed by atoms with van der Waals surface area (Å²) in [5, 5.41) is 5.01. The number of hydrogen-bond acceptors (Lipinski definition) is 4. The summed E-state index contributed by atoms with van der Waals surface area (Å²) in [4.78, 5) is 2.37. The van der Waals surface area contributed by atoms with Crippen LogP contribution in [0.4, 0.5) is 0 Å². The van der Waals surface area contributed by atoms with E-state index < -0.39 is 0 Å². The van der Waals surface area contributed by atoms with Crippen molar-refractivity contribution in [3.8, 4) is 0 Å². The minimum absolute atomic E-state index is 0.437. The zero-order valence-corrected chi connectivity index (χ0v) is 9.97. The van der Waals surface area contributed by atoms with Crippen LogP contribution in [-0.2, 0) is 0 Å². The lowest BCUT2D eigenvalue weighted by molar-refractivity contribution is 0.315. The molecule has 2 atom stereocenters. The fourth-order valence-electron chi connectivity index (χ4n) is 2.85. The molecule has 0 amide bonds. The summed E-state index contributed by atoms with van der Waals surface area (Å²) in [5.74, 6) is 0.597. The Kier molecular flexibility index (Phi) is 2.61. The molecule has 3 rings (SSSR count). The van der Waals surface area contributed by atoms with E-state index in [1.54, 1.807) is 0 Å². The van der Waals surface area contributed by atoms with Crippen LogP contribution >= 0.6 is 0 Å². The van der Waals surface area contributed by atoms with Gasteiger partial charge in [-0.05, 0) is 37.6 Å². The van der Waals surface area contributed by atoms with Gasteiger partial charge < -0.3 is 10.3 Å². The highest BCUT2D eigenvalue weighted by Crippen LogP contribution is 2.36. The Morgan fingerprint density at radius 1 is 1.53 bits per heavy atom. The van der Waals surface area contributed by atoms with Crippen molar-refractivity contribution in [3.63, 3.8) is 0 Å². The van der Waals surface area contributed by atoms with Crippen molar-refractivity contribution in [2.24, 2.45) is 11.7 Å². The molecule has 1 fully saturated rings. The number of rotatable bonds is 2. The van der Waals surface area contributed by atoms with Crippen LogP contribution in [0.3, 0.4) is 0 Å². The topological polar surface area (TPSA) is 55.3 Å². The fraction of sp³-hybridized carbons (Fsp3) is 0.462. The summed E-state index contributed by atoms with van der Waals surface area (Å²) in [5.41, 5.74) is 7.95. The molecule has 0 bridgehead atoms. The molecule has 1 saturated heterocycles. The van der Waals surface area contributed by atoms with Gasteiger partial charge in [-0.3, -0.25) is 4.90 Å². The lowest BCUT2D eigenvalue weighted by Crippen LogP contribution is -2.20. The Labute approximate surface area is 100 Å². The molecule has 1 aromatic heterocycles. The van der Waals surface area contributed by atoms with Gasteiger partial charge in [-0.25, -0.2) is 0 Å². The van der Waals surface area contributed by atoms with E-state index in [4.69, 9.17) is 10.3 Å². The van der Waals surface area contributed by atoms with Crippen LogP contribution in [0.15, 0.2) is 28.9 Å². The predicted molar refractivity (Wildman–Crippen MR) is 66.5 cm³/mol. The van der Waals surface area contributed by atoms with Crippen LogP contribution in [0.2, 0.25) is 0 Å². The number of nitrogens with two attached hydrogens (primary N) is 1. The van der Waals surface area contributed by atoms with Crippen LogP contribution in [0.1, 0.15) is 18.0 Å². The number of likely N-dealkylation sites (tertiary alicyclic amines) is 1. The Morgan fingerprint density at radius 2 is 2.41 bits per heavy atom. The Hall–Kier alpha value is -1.39. The summed E-state index contributed by atoms with van der Waals surface area (Å²) in [6.45, 7) is 1.84. The van der Waals surface area contributed by atoms with Gasteiger partial charge in [0, 0.05) is 18.0 Å². The minimum atomic E-state index is 0.437. The Bertz CT molecular complexity index is 522. The van der Waals surface area contributed by atoms with E-state index in [1.807, 2.05) is 18.3 Å². The van der Waals surface area contributed by atoms with E-state index in [2.05, 4.69) is 23.2 Å². The lowest BCUT2D eigenvalue weighted by atomic mass is 9.97. The standard InChI is InChI=1S/C13H17N3O/c1-16-8-9(6-14)5-12(16)10-3-2-4-13-11(10)7-15-17-13/h2-4,7,9,12H,5-6,8,14H2,1H3. The zero-order chi connectivity index (χ0) is 11.8. The first-order valence-corrected chi connectivity index (χ1v) is 6.03. The predicted octanol–water partition coefficient (Wildman–Crippen LogP) is 1.78. The van der Waals surface area contributed by atoms with Crippen molar-refractivity contribution in [1.29, 1.82) is 0 Å². The minimum Gasteiger partial charge on any atom is -0.356 e. The highest BCUT2D eigenvalue weighted by molar-refractivity contribution is 5.80. The number of fused-ring (bicyclic) bond motifs is 1. The molecule has 1 aromatic carbocycles. The van der Waals surface area contributed by atoms with E-state index >= 15 is 0 Å². The second-order valence-electron chi connectivity index (χ2n) is 4.88. The SMILES string of the molecule is CN1CC(CN)CC1c1cccc2oncc12. The molecular weight excluding hydrogens is 214 g/mol. The van der Waals surface area contributed by atoms with Gasteiger partial charge >= 0.3 is 0 Å². The van der Waals surface area contributed by atoms with E-state index in [9.17, 15) is 0 Å². The van der Waals surface area contributed by atoms with Crippen LogP contribution in [0, 0.1) is 5.92 Å². The highest BCUT2D eigenvalue weighted by atomic mass is 16.5. The molecule has 17 heavy (non-hydrogen) atoms. The maximum atomic E-state index is 5.77. The third kappa shape index (κ3) is 1.73. The van der Waals surface area contributed by atoms with Gasteiger partial charge in [0.25, 0.3) is 0 Å². The molecule has 2 aromatic rings. The van der Waals surface area contributed by atoms with Crippen molar-refractivity contribution >= 4 is 11.0 Å². The quantitative estimate of drug-likeness (QED) is 0.856. The highest BCUT2D eigenvalue weighted by Gasteiger charge is 2.30. The Balaban J connectivity index is 2.01. The zero-order valence-electron chi connectivity index (χ0n) is 9.97. The number of nitrogens with zero attached hydrogens (tertiary/aromatic N) is 2. The summed E-state index contributed by atoms with van der Waals surface area (Å²) in [6, 6.07) is 6.60. The molecule has 4 nitrogen and oxygen atoms in total. The smallest absolute Gasteiger partial charge is 0.167 e. The van der Waals surface area contributed by atoms with Gasteiger partial charge in [0.2, 0.25) is 0 Å². The first-order chi connectivity index (χ1) is 8.29. The van der Waals surface area contributed by atoms with Crippen molar-refractivity contribution < 1.29 is 4.52 Å². The molecule has 0 aliphatic carbocycles. The van der Waals surface area contributed by atoms with Gasteiger partial charge in [0.1, 0.15) is 0 Å². The molecule has 0 saturated carbocycles. The summed E-state index contributed by atoms with van der Waals surface area (Å²) >= 11 is 0. The number of aromatic nitrogens is 1. The monoisotopic (exact) mass is 231 g/mol.